The Hall–Kier alpha value is -0.661. The van der Waals surface area contributed by atoms with E-state index in [2.05, 4.69) is 9.98 Å². The van der Waals surface area contributed by atoms with Gasteiger partial charge in [0.05, 0.1) is 5.71 Å². The summed E-state index contributed by atoms with van der Waals surface area (Å²) in [5.74, 6) is 0. The molecule has 0 N–H and O–H groups in total. The summed E-state index contributed by atoms with van der Waals surface area (Å²) in [6.45, 7) is 0. The van der Waals surface area contributed by atoms with Crippen LogP contribution in [-0.4, -0.2) is 18.1 Å². The summed E-state index contributed by atoms with van der Waals surface area (Å²) in [6, 6.07) is 0.218. The van der Waals surface area contributed by atoms with E-state index in [4.69, 9.17) is 0 Å². The van der Waals surface area contributed by atoms with Crippen LogP contribution in [0.5, 0.6) is 0 Å². The summed E-state index contributed by atoms with van der Waals surface area (Å²) in [6.07, 6.45) is 9.59. The quantitative estimate of drug-likeness (QED) is 0.498. The van der Waals surface area contributed by atoms with Gasteiger partial charge in [0.15, 0.2) is 0 Å². The van der Waals surface area contributed by atoms with Crippen molar-refractivity contribution in [3.63, 3.8) is 0 Å². The van der Waals surface area contributed by atoms with E-state index >= 15 is 0 Å². The first-order valence-corrected chi connectivity index (χ1v) is 2.91. The number of hydrogen-bond acceptors (Lipinski definition) is 2. The van der Waals surface area contributed by atoms with Gasteiger partial charge in [0.2, 0.25) is 0 Å². The molecule has 1 aliphatic carbocycles. The minimum atomic E-state index is 0. The second-order valence-electron chi connectivity index (χ2n) is 2.01. The first-order valence-electron chi connectivity index (χ1n) is 2.91. The minimum absolute atomic E-state index is 0. The number of aliphatic imine (C=N–C) groups is 2. The van der Waals surface area contributed by atoms with Gasteiger partial charge >= 0.3 is 0 Å². The van der Waals surface area contributed by atoms with Crippen LogP contribution in [0.3, 0.4) is 0 Å². The van der Waals surface area contributed by atoms with E-state index in [-0.39, 0.29) is 23.1 Å². The van der Waals surface area contributed by atoms with Crippen LogP contribution in [0, 0.1) is 0 Å². The SMILES string of the molecule is C1=CC2=NC=NC2C=C1.[Cu]. The molecule has 2 aliphatic rings. The third kappa shape index (κ3) is 1.10. The standard InChI is InChI=1S/C7H6N2.Cu/c1-2-4-7-6(3-1)8-5-9-7;/h1-6H;. The van der Waals surface area contributed by atoms with Gasteiger partial charge in [0.1, 0.15) is 12.4 Å². The van der Waals surface area contributed by atoms with Gasteiger partial charge in [-0.15, -0.1) is 0 Å². The second kappa shape index (κ2) is 2.95. The number of allylic oxidation sites excluding steroid dienone is 2. The molecule has 0 amide bonds. The second-order valence-corrected chi connectivity index (χ2v) is 2.01. The van der Waals surface area contributed by atoms with Gasteiger partial charge in [-0.25, -0.2) is 4.99 Å². The summed E-state index contributed by atoms with van der Waals surface area (Å²) in [4.78, 5) is 8.14. The van der Waals surface area contributed by atoms with Crippen LogP contribution in [0.15, 0.2) is 34.3 Å². The van der Waals surface area contributed by atoms with E-state index in [1.165, 1.54) is 0 Å². The molecule has 0 aromatic heterocycles. The van der Waals surface area contributed by atoms with E-state index in [1.807, 2.05) is 24.3 Å². The molecule has 1 atom stereocenters. The summed E-state index contributed by atoms with van der Waals surface area (Å²) in [5, 5.41) is 0. The zero-order valence-corrected chi connectivity index (χ0v) is 6.10. The molecule has 0 saturated carbocycles. The van der Waals surface area contributed by atoms with Crippen LogP contribution in [0.1, 0.15) is 0 Å². The van der Waals surface area contributed by atoms with Gasteiger partial charge < -0.3 is 0 Å². The molecule has 0 spiro atoms. The van der Waals surface area contributed by atoms with Gasteiger partial charge in [0, 0.05) is 17.1 Å². The molecule has 55 valence electrons. The van der Waals surface area contributed by atoms with Gasteiger partial charge in [-0.1, -0.05) is 18.2 Å². The van der Waals surface area contributed by atoms with Crippen LogP contribution in [-0.2, 0) is 17.1 Å². The average Bonchev–Trinajstić information content (AvgIpc) is 2.33. The van der Waals surface area contributed by atoms with E-state index < -0.39 is 0 Å². The van der Waals surface area contributed by atoms with Crippen LogP contribution < -0.4 is 0 Å². The van der Waals surface area contributed by atoms with Crippen molar-refractivity contribution in [2.75, 3.05) is 0 Å². The Morgan fingerprint density at radius 1 is 1.30 bits per heavy atom. The van der Waals surface area contributed by atoms with Crippen molar-refractivity contribution in [3.05, 3.63) is 24.3 Å². The topological polar surface area (TPSA) is 24.7 Å². The van der Waals surface area contributed by atoms with E-state index in [0.717, 1.165) is 5.71 Å². The normalized spacial score (nSPS) is 25.6. The maximum absolute atomic E-state index is 4.09. The fourth-order valence-electron chi connectivity index (χ4n) is 0.938. The first kappa shape index (κ1) is 7.45. The molecule has 0 bridgehead atoms. The predicted octanol–water partition coefficient (Wildman–Crippen LogP) is 0.961. The van der Waals surface area contributed by atoms with Crippen molar-refractivity contribution in [1.29, 1.82) is 0 Å². The van der Waals surface area contributed by atoms with Gasteiger partial charge in [-0.2, -0.15) is 0 Å². The number of rotatable bonds is 0. The molecule has 2 rings (SSSR count). The van der Waals surface area contributed by atoms with Crippen LogP contribution in [0.25, 0.3) is 0 Å². The fourth-order valence-corrected chi connectivity index (χ4v) is 0.938. The van der Waals surface area contributed by atoms with Crippen LogP contribution in [0.2, 0.25) is 0 Å². The Bertz CT molecular complexity index is 238. The first-order chi connectivity index (χ1) is 4.47. The Morgan fingerprint density at radius 2 is 2.20 bits per heavy atom. The Kier molecular flexibility index (Phi) is 2.20. The predicted molar refractivity (Wildman–Crippen MR) is 38.0 cm³/mol. The molecule has 10 heavy (non-hydrogen) atoms. The molecule has 3 heteroatoms. The number of fused-ring (bicyclic) bond motifs is 1. The van der Waals surface area contributed by atoms with Crippen molar-refractivity contribution in [1.82, 2.24) is 0 Å². The number of nitrogens with zero attached hydrogens (tertiary/aromatic N) is 2. The van der Waals surface area contributed by atoms with Crippen molar-refractivity contribution >= 4 is 12.1 Å². The summed E-state index contributed by atoms with van der Waals surface area (Å²) in [5.41, 5.74) is 1.05. The van der Waals surface area contributed by atoms with E-state index in [0.29, 0.717) is 0 Å². The summed E-state index contributed by atoms with van der Waals surface area (Å²) < 4.78 is 0. The molecule has 2 nitrogen and oxygen atoms in total. The zero-order chi connectivity index (χ0) is 6.10. The minimum Gasteiger partial charge on any atom is -0.260 e. The third-order valence-electron chi connectivity index (χ3n) is 1.41. The molecule has 1 aliphatic heterocycles. The Labute approximate surface area is 69.9 Å². The molecule has 1 heterocycles. The largest absolute Gasteiger partial charge is 0.260 e. The molecule has 0 aromatic carbocycles. The summed E-state index contributed by atoms with van der Waals surface area (Å²) in [7, 11) is 0. The van der Waals surface area contributed by atoms with Crippen LogP contribution in [0.4, 0.5) is 0 Å². The van der Waals surface area contributed by atoms with E-state index in [9.17, 15) is 0 Å². The molecule has 1 radical (unpaired) electrons. The molecule has 1 unspecified atom stereocenters. The van der Waals surface area contributed by atoms with Crippen molar-refractivity contribution in [2.24, 2.45) is 9.98 Å². The molecular formula is C7H6CuN2. The fraction of sp³-hybridized carbons (Fsp3) is 0.143. The zero-order valence-electron chi connectivity index (χ0n) is 5.16. The summed E-state index contributed by atoms with van der Waals surface area (Å²) >= 11 is 0. The maximum Gasteiger partial charge on any atom is 0.112 e. The average molecular weight is 182 g/mol. The number of hydrogen-bond donors (Lipinski definition) is 0. The van der Waals surface area contributed by atoms with Gasteiger partial charge in [0.25, 0.3) is 0 Å². The molecule has 0 aromatic rings. The van der Waals surface area contributed by atoms with E-state index in [1.54, 1.807) is 6.34 Å². The maximum atomic E-state index is 4.09. The smallest absolute Gasteiger partial charge is 0.112 e. The van der Waals surface area contributed by atoms with Crippen molar-refractivity contribution in [2.45, 2.75) is 6.04 Å². The van der Waals surface area contributed by atoms with Gasteiger partial charge in [-0.05, 0) is 6.08 Å². The monoisotopic (exact) mass is 181 g/mol. The Morgan fingerprint density at radius 3 is 3.00 bits per heavy atom. The van der Waals surface area contributed by atoms with Crippen LogP contribution >= 0.6 is 0 Å². The van der Waals surface area contributed by atoms with Crippen molar-refractivity contribution in [3.8, 4) is 0 Å². The van der Waals surface area contributed by atoms with Crippen molar-refractivity contribution < 1.29 is 17.1 Å². The third-order valence-corrected chi connectivity index (χ3v) is 1.41. The molecule has 0 fully saturated rings. The molecule has 0 saturated heterocycles. The molecular weight excluding hydrogens is 176 g/mol. The van der Waals surface area contributed by atoms with Gasteiger partial charge in [-0.3, -0.25) is 4.99 Å². The Balaban J connectivity index is 0.000000500.